The molecule has 0 saturated heterocycles. The van der Waals surface area contributed by atoms with Gasteiger partial charge >= 0.3 is 0 Å². The number of benzene rings is 1. The molecule has 2 aromatic rings. The molecule has 1 aromatic carbocycles. The van der Waals surface area contributed by atoms with Crippen LogP contribution in [0.1, 0.15) is 5.56 Å². The molecule has 1 nitrogen and oxygen atoms in total. The van der Waals surface area contributed by atoms with Crippen molar-refractivity contribution in [2.45, 2.75) is 6.54 Å². The molecule has 0 aliphatic carbocycles. The lowest BCUT2D eigenvalue weighted by Crippen LogP contribution is -2.32. The van der Waals surface area contributed by atoms with Crippen LogP contribution in [-0.4, -0.2) is 0 Å². The van der Waals surface area contributed by atoms with Crippen LogP contribution in [0.25, 0.3) is 0 Å². The third kappa shape index (κ3) is 2.86. The topological polar surface area (TPSA) is 3.88 Å². The molecule has 14 heavy (non-hydrogen) atoms. The Bertz CT molecular complexity index is 321. The van der Waals surface area contributed by atoms with E-state index in [4.69, 9.17) is 0 Å². The highest BCUT2D eigenvalue weighted by Gasteiger charge is 1.98. The highest BCUT2D eigenvalue weighted by atomic mass is 35.5. The Morgan fingerprint density at radius 1 is 0.786 bits per heavy atom. The first-order valence-corrected chi connectivity index (χ1v) is 4.43. The summed E-state index contributed by atoms with van der Waals surface area (Å²) < 4.78 is 2.16. The van der Waals surface area contributed by atoms with Crippen LogP contribution < -0.4 is 4.57 Å². The minimum atomic E-state index is 0. The fourth-order valence-corrected chi connectivity index (χ4v) is 1.33. The van der Waals surface area contributed by atoms with Gasteiger partial charge in [-0.3, -0.25) is 0 Å². The minimum Gasteiger partial charge on any atom is -0.201 e. The number of halogens is 1. The van der Waals surface area contributed by atoms with Crippen LogP contribution >= 0.6 is 12.4 Å². The van der Waals surface area contributed by atoms with Crippen molar-refractivity contribution >= 4 is 12.4 Å². The number of hydrogen-bond donors (Lipinski definition) is 0. The molecule has 0 N–H and O–H groups in total. The lowest BCUT2D eigenvalue weighted by atomic mass is 10.2. The van der Waals surface area contributed by atoms with Crippen LogP contribution in [0.5, 0.6) is 0 Å². The molecular formula is C12H13ClN+. The van der Waals surface area contributed by atoms with E-state index in [1.165, 1.54) is 5.56 Å². The first-order valence-electron chi connectivity index (χ1n) is 4.43. The number of hydrogen-bond acceptors (Lipinski definition) is 0. The fraction of sp³-hybridized carbons (Fsp3) is 0.0833. The lowest BCUT2D eigenvalue weighted by molar-refractivity contribution is -0.688. The van der Waals surface area contributed by atoms with Gasteiger partial charge < -0.3 is 0 Å². The monoisotopic (exact) mass is 206 g/mol. The van der Waals surface area contributed by atoms with E-state index in [2.05, 4.69) is 41.2 Å². The Morgan fingerprint density at radius 3 is 2.00 bits per heavy atom. The largest absolute Gasteiger partial charge is 0.201 e. The zero-order chi connectivity index (χ0) is 8.93. The Hall–Kier alpha value is -1.34. The molecule has 0 spiro atoms. The van der Waals surface area contributed by atoms with Gasteiger partial charge in [-0.1, -0.05) is 36.4 Å². The van der Waals surface area contributed by atoms with E-state index in [0.29, 0.717) is 0 Å². The second-order valence-corrected chi connectivity index (χ2v) is 3.03. The number of pyridine rings is 1. The smallest absolute Gasteiger partial charge is 0.173 e. The summed E-state index contributed by atoms with van der Waals surface area (Å²) in [5, 5.41) is 0. The van der Waals surface area contributed by atoms with Gasteiger partial charge in [0, 0.05) is 17.7 Å². The van der Waals surface area contributed by atoms with E-state index in [-0.39, 0.29) is 12.4 Å². The van der Waals surface area contributed by atoms with Crippen molar-refractivity contribution in [3.05, 3.63) is 66.5 Å². The fourth-order valence-electron chi connectivity index (χ4n) is 1.33. The number of rotatable bonds is 2. The van der Waals surface area contributed by atoms with Gasteiger partial charge in [0.25, 0.3) is 0 Å². The van der Waals surface area contributed by atoms with Crippen molar-refractivity contribution in [1.82, 2.24) is 0 Å². The molecule has 0 unspecified atom stereocenters. The van der Waals surface area contributed by atoms with Crippen molar-refractivity contribution in [1.29, 1.82) is 0 Å². The molecule has 0 atom stereocenters. The molecule has 72 valence electrons. The van der Waals surface area contributed by atoms with E-state index in [1.54, 1.807) is 0 Å². The predicted molar refractivity (Wildman–Crippen MR) is 59.4 cm³/mol. The summed E-state index contributed by atoms with van der Waals surface area (Å²) in [6, 6.07) is 16.6. The van der Waals surface area contributed by atoms with Crippen LogP contribution in [0.3, 0.4) is 0 Å². The van der Waals surface area contributed by atoms with Gasteiger partial charge in [-0.25, -0.2) is 4.57 Å². The highest BCUT2D eigenvalue weighted by Crippen LogP contribution is 1.96. The van der Waals surface area contributed by atoms with E-state index >= 15 is 0 Å². The SMILES string of the molecule is Cl.c1ccc(C[n+]2ccccc2)cc1. The van der Waals surface area contributed by atoms with Crippen molar-refractivity contribution in [3.63, 3.8) is 0 Å². The first-order chi connectivity index (χ1) is 6.45. The summed E-state index contributed by atoms with van der Waals surface area (Å²) in [7, 11) is 0. The maximum Gasteiger partial charge on any atom is 0.173 e. The van der Waals surface area contributed by atoms with Crippen molar-refractivity contribution in [2.24, 2.45) is 0 Å². The maximum atomic E-state index is 2.16. The van der Waals surface area contributed by atoms with Gasteiger partial charge in [0.15, 0.2) is 18.9 Å². The van der Waals surface area contributed by atoms with Crippen molar-refractivity contribution in [3.8, 4) is 0 Å². The second kappa shape index (κ2) is 5.40. The van der Waals surface area contributed by atoms with Crippen LogP contribution in [0.4, 0.5) is 0 Å². The molecule has 0 fully saturated rings. The predicted octanol–water partition coefficient (Wildman–Crippen LogP) is 2.44. The molecule has 0 saturated carbocycles. The molecule has 0 radical (unpaired) electrons. The highest BCUT2D eigenvalue weighted by molar-refractivity contribution is 5.85. The third-order valence-corrected chi connectivity index (χ3v) is 1.99. The zero-order valence-electron chi connectivity index (χ0n) is 7.84. The molecule has 2 heteroatoms. The summed E-state index contributed by atoms with van der Waals surface area (Å²) in [4.78, 5) is 0. The van der Waals surface area contributed by atoms with Crippen LogP contribution in [-0.2, 0) is 6.54 Å². The van der Waals surface area contributed by atoms with Crippen LogP contribution in [0.2, 0.25) is 0 Å². The summed E-state index contributed by atoms with van der Waals surface area (Å²) >= 11 is 0. The molecule has 0 aliphatic rings. The van der Waals surface area contributed by atoms with Gasteiger partial charge in [-0.15, -0.1) is 12.4 Å². The van der Waals surface area contributed by atoms with E-state index in [0.717, 1.165) is 6.54 Å². The molecule has 2 rings (SSSR count). The van der Waals surface area contributed by atoms with Gasteiger partial charge in [0.05, 0.1) is 0 Å². The Kier molecular flexibility index (Phi) is 4.14. The molecule has 0 aliphatic heterocycles. The molecule has 1 heterocycles. The van der Waals surface area contributed by atoms with Gasteiger partial charge in [0.1, 0.15) is 0 Å². The van der Waals surface area contributed by atoms with E-state index in [9.17, 15) is 0 Å². The van der Waals surface area contributed by atoms with E-state index in [1.807, 2.05) is 24.3 Å². The van der Waals surface area contributed by atoms with Crippen LogP contribution in [0.15, 0.2) is 60.9 Å². The van der Waals surface area contributed by atoms with Gasteiger partial charge in [-0.2, -0.15) is 0 Å². The number of nitrogens with zero attached hydrogens (tertiary/aromatic N) is 1. The Morgan fingerprint density at radius 2 is 1.36 bits per heavy atom. The molecule has 1 aromatic heterocycles. The first kappa shape index (κ1) is 10.7. The van der Waals surface area contributed by atoms with Crippen LogP contribution in [0, 0.1) is 0 Å². The van der Waals surface area contributed by atoms with Crippen molar-refractivity contribution < 1.29 is 4.57 Å². The molecule has 0 amide bonds. The lowest BCUT2D eigenvalue weighted by Gasteiger charge is -1.95. The maximum absolute atomic E-state index is 2.16. The summed E-state index contributed by atoms with van der Waals surface area (Å²) in [6.07, 6.45) is 4.15. The summed E-state index contributed by atoms with van der Waals surface area (Å²) in [5.41, 5.74) is 1.33. The second-order valence-electron chi connectivity index (χ2n) is 3.03. The van der Waals surface area contributed by atoms with Gasteiger partial charge in [-0.05, 0) is 0 Å². The zero-order valence-corrected chi connectivity index (χ0v) is 8.65. The average molecular weight is 207 g/mol. The normalized spacial score (nSPS) is 9.14. The summed E-state index contributed by atoms with van der Waals surface area (Å²) in [5.74, 6) is 0. The minimum absolute atomic E-state index is 0. The molecule has 0 bridgehead atoms. The Labute approximate surface area is 90.4 Å². The van der Waals surface area contributed by atoms with Crippen molar-refractivity contribution in [2.75, 3.05) is 0 Å². The molecular weight excluding hydrogens is 194 g/mol. The summed E-state index contributed by atoms with van der Waals surface area (Å²) in [6.45, 7) is 0.946. The quantitative estimate of drug-likeness (QED) is 0.665. The number of aromatic nitrogens is 1. The standard InChI is InChI=1S/C12H12N.ClH/c1-3-7-12(8-4-1)11-13-9-5-2-6-10-13;/h1-10H,11H2;1H/q+1;. The van der Waals surface area contributed by atoms with E-state index < -0.39 is 0 Å². The average Bonchev–Trinajstić information content (AvgIpc) is 2.21. The Balaban J connectivity index is 0.000000980. The van der Waals surface area contributed by atoms with Gasteiger partial charge in [0.2, 0.25) is 0 Å². The third-order valence-electron chi connectivity index (χ3n) is 1.99.